The van der Waals surface area contributed by atoms with Crippen molar-refractivity contribution < 1.29 is 9.90 Å². The van der Waals surface area contributed by atoms with Crippen molar-refractivity contribution in [3.63, 3.8) is 0 Å². The van der Waals surface area contributed by atoms with E-state index in [1.807, 2.05) is 0 Å². The molecule has 0 atom stereocenters. The van der Waals surface area contributed by atoms with Gasteiger partial charge < -0.3 is 10.0 Å². The predicted octanol–water partition coefficient (Wildman–Crippen LogP) is 0.879. The molecule has 0 bridgehead atoms. The number of rotatable bonds is 3. The average Bonchev–Trinajstić information content (AvgIpc) is 2.62. The smallest absolute Gasteiger partial charge is 0.317 e. The molecule has 0 amide bonds. The topological polar surface area (TPSA) is 43.8 Å². The molecule has 2 heterocycles. The van der Waals surface area contributed by atoms with Crippen molar-refractivity contribution >= 4 is 5.97 Å². The maximum atomic E-state index is 10.7. The van der Waals surface area contributed by atoms with Gasteiger partial charge in [-0.2, -0.15) is 0 Å². The summed E-state index contributed by atoms with van der Waals surface area (Å²) in [5, 5.41) is 8.79. The Bertz CT molecular complexity index is 260. The highest BCUT2D eigenvalue weighted by atomic mass is 16.4. The SMILES string of the molecule is CCN1CCC2(CC1)CCN(CC(=O)O)C2. The van der Waals surface area contributed by atoms with Gasteiger partial charge in [-0.15, -0.1) is 0 Å². The van der Waals surface area contributed by atoms with E-state index in [-0.39, 0.29) is 6.54 Å². The van der Waals surface area contributed by atoms with Gasteiger partial charge in [0.15, 0.2) is 0 Å². The molecule has 0 radical (unpaired) electrons. The van der Waals surface area contributed by atoms with Crippen LogP contribution >= 0.6 is 0 Å². The van der Waals surface area contributed by atoms with Crippen molar-refractivity contribution in [1.29, 1.82) is 0 Å². The molecule has 1 spiro atoms. The quantitative estimate of drug-likeness (QED) is 0.776. The number of carboxylic acid groups (broad SMARTS) is 1. The molecule has 4 heteroatoms. The van der Waals surface area contributed by atoms with Crippen molar-refractivity contribution in [2.45, 2.75) is 26.2 Å². The minimum Gasteiger partial charge on any atom is -0.480 e. The monoisotopic (exact) mass is 226 g/mol. The lowest BCUT2D eigenvalue weighted by Crippen LogP contribution is -2.41. The lowest BCUT2D eigenvalue weighted by molar-refractivity contribution is -0.138. The summed E-state index contributed by atoms with van der Waals surface area (Å²) in [6.07, 6.45) is 3.69. The molecule has 0 unspecified atom stereocenters. The van der Waals surface area contributed by atoms with Gasteiger partial charge in [-0.25, -0.2) is 0 Å². The van der Waals surface area contributed by atoms with E-state index in [0.717, 1.165) is 19.6 Å². The second-order valence-electron chi connectivity index (χ2n) is 5.29. The summed E-state index contributed by atoms with van der Waals surface area (Å²) in [4.78, 5) is 15.3. The zero-order valence-corrected chi connectivity index (χ0v) is 10.1. The summed E-state index contributed by atoms with van der Waals surface area (Å²) in [5.74, 6) is -0.692. The predicted molar refractivity (Wildman–Crippen MR) is 62.5 cm³/mol. The van der Waals surface area contributed by atoms with Crippen molar-refractivity contribution in [1.82, 2.24) is 9.80 Å². The van der Waals surface area contributed by atoms with Crippen LogP contribution in [-0.4, -0.2) is 60.1 Å². The van der Waals surface area contributed by atoms with Crippen LogP contribution in [0.3, 0.4) is 0 Å². The van der Waals surface area contributed by atoms with Gasteiger partial charge in [-0.05, 0) is 50.9 Å². The number of piperidine rings is 1. The Morgan fingerprint density at radius 2 is 1.75 bits per heavy atom. The minimum absolute atomic E-state index is 0.221. The molecule has 16 heavy (non-hydrogen) atoms. The third kappa shape index (κ3) is 2.55. The molecule has 0 aliphatic carbocycles. The van der Waals surface area contributed by atoms with E-state index in [9.17, 15) is 4.79 Å². The molecule has 1 N–H and O–H groups in total. The number of hydrogen-bond acceptors (Lipinski definition) is 3. The normalized spacial score (nSPS) is 26.3. The van der Waals surface area contributed by atoms with Crippen LogP contribution in [0.15, 0.2) is 0 Å². The number of likely N-dealkylation sites (tertiary alicyclic amines) is 2. The van der Waals surface area contributed by atoms with Crippen LogP contribution in [0.1, 0.15) is 26.2 Å². The minimum atomic E-state index is -0.692. The van der Waals surface area contributed by atoms with Crippen LogP contribution in [0, 0.1) is 5.41 Å². The molecule has 0 aromatic rings. The summed E-state index contributed by atoms with van der Waals surface area (Å²) in [6, 6.07) is 0. The van der Waals surface area contributed by atoms with Crippen LogP contribution in [0.4, 0.5) is 0 Å². The summed E-state index contributed by atoms with van der Waals surface area (Å²) in [6.45, 7) is 7.93. The standard InChI is InChI=1S/C12H22N2O2/c1-2-13-6-3-12(4-7-13)5-8-14(10-12)9-11(15)16/h2-10H2,1H3,(H,15,16). The lowest BCUT2D eigenvalue weighted by atomic mass is 9.78. The van der Waals surface area contributed by atoms with Crippen LogP contribution in [0.25, 0.3) is 0 Å². The first-order valence-corrected chi connectivity index (χ1v) is 6.30. The zero-order valence-electron chi connectivity index (χ0n) is 10.1. The molecule has 2 aliphatic rings. The van der Waals surface area contributed by atoms with Crippen LogP contribution in [-0.2, 0) is 4.79 Å². The summed E-state index contributed by atoms with van der Waals surface area (Å²) >= 11 is 0. The highest BCUT2D eigenvalue weighted by Crippen LogP contribution is 2.40. The number of hydrogen-bond donors (Lipinski definition) is 1. The molecule has 92 valence electrons. The molecule has 2 fully saturated rings. The van der Waals surface area contributed by atoms with Gasteiger partial charge in [-0.3, -0.25) is 9.69 Å². The van der Waals surface area contributed by atoms with Gasteiger partial charge in [0.05, 0.1) is 6.54 Å². The van der Waals surface area contributed by atoms with Gasteiger partial charge in [0.2, 0.25) is 0 Å². The Kier molecular flexibility index (Phi) is 3.50. The van der Waals surface area contributed by atoms with E-state index in [4.69, 9.17) is 5.11 Å². The number of carboxylic acids is 1. The molecule has 2 saturated heterocycles. The average molecular weight is 226 g/mol. The van der Waals surface area contributed by atoms with Gasteiger partial charge >= 0.3 is 5.97 Å². The third-order valence-electron chi connectivity index (χ3n) is 4.24. The number of carbonyl (C=O) groups is 1. The number of aliphatic carboxylic acids is 1. The second kappa shape index (κ2) is 4.72. The summed E-state index contributed by atoms with van der Waals surface area (Å²) in [7, 11) is 0. The van der Waals surface area contributed by atoms with Crippen molar-refractivity contribution in [3.8, 4) is 0 Å². The van der Waals surface area contributed by atoms with E-state index in [1.165, 1.54) is 32.4 Å². The van der Waals surface area contributed by atoms with Crippen LogP contribution in [0.2, 0.25) is 0 Å². The summed E-state index contributed by atoms with van der Waals surface area (Å²) < 4.78 is 0. The zero-order chi connectivity index (χ0) is 11.6. The molecule has 0 aromatic carbocycles. The fourth-order valence-corrected chi connectivity index (χ4v) is 3.11. The van der Waals surface area contributed by atoms with Crippen LogP contribution < -0.4 is 0 Å². The summed E-state index contributed by atoms with van der Waals surface area (Å²) in [5.41, 5.74) is 0.432. The molecule has 2 aliphatic heterocycles. The second-order valence-corrected chi connectivity index (χ2v) is 5.29. The van der Waals surface area contributed by atoms with E-state index < -0.39 is 5.97 Å². The first kappa shape index (κ1) is 11.9. The Hall–Kier alpha value is -0.610. The molecule has 0 aromatic heterocycles. The largest absolute Gasteiger partial charge is 0.480 e. The van der Waals surface area contributed by atoms with E-state index in [1.54, 1.807) is 0 Å². The fourth-order valence-electron chi connectivity index (χ4n) is 3.11. The highest BCUT2D eigenvalue weighted by Gasteiger charge is 2.40. The van der Waals surface area contributed by atoms with Crippen molar-refractivity contribution in [2.24, 2.45) is 5.41 Å². The first-order valence-electron chi connectivity index (χ1n) is 6.30. The maximum absolute atomic E-state index is 10.7. The van der Waals surface area contributed by atoms with E-state index in [0.29, 0.717) is 5.41 Å². The van der Waals surface area contributed by atoms with Crippen molar-refractivity contribution in [2.75, 3.05) is 39.3 Å². The molecule has 2 rings (SSSR count). The Labute approximate surface area is 97.2 Å². The lowest BCUT2D eigenvalue weighted by Gasteiger charge is -2.38. The number of nitrogens with zero attached hydrogens (tertiary/aromatic N) is 2. The Morgan fingerprint density at radius 1 is 1.19 bits per heavy atom. The Morgan fingerprint density at radius 3 is 2.25 bits per heavy atom. The molecular formula is C12H22N2O2. The molecule has 4 nitrogen and oxygen atoms in total. The van der Waals surface area contributed by atoms with E-state index in [2.05, 4.69) is 16.7 Å². The van der Waals surface area contributed by atoms with Crippen LogP contribution in [0.5, 0.6) is 0 Å². The van der Waals surface area contributed by atoms with Gasteiger partial charge in [0.1, 0.15) is 0 Å². The third-order valence-corrected chi connectivity index (χ3v) is 4.24. The highest BCUT2D eigenvalue weighted by molar-refractivity contribution is 5.69. The van der Waals surface area contributed by atoms with Gasteiger partial charge in [0.25, 0.3) is 0 Å². The van der Waals surface area contributed by atoms with Gasteiger partial charge in [-0.1, -0.05) is 6.92 Å². The maximum Gasteiger partial charge on any atom is 0.317 e. The molecular weight excluding hydrogens is 204 g/mol. The van der Waals surface area contributed by atoms with E-state index >= 15 is 0 Å². The Balaban J connectivity index is 1.85. The van der Waals surface area contributed by atoms with Crippen molar-refractivity contribution in [3.05, 3.63) is 0 Å². The van der Waals surface area contributed by atoms with Gasteiger partial charge in [0, 0.05) is 6.54 Å². The molecule has 0 saturated carbocycles. The first-order chi connectivity index (χ1) is 7.63. The fraction of sp³-hybridized carbons (Fsp3) is 0.917.